The summed E-state index contributed by atoms with van der Waals surface area (Å²) >= 11 is 0. The van der Waals surface area contributed by atoms with Gasteiger partial charge in [0, 0.05) is 12.6 Å². The van der Waals surface area contributed by atoms with Gasteiger partial charge in [-0.05, 0) is 58.3 Å². The van der Waals surface area contributed by atoms with Gasteiger partial charge in [-0.3, -0.25) is 4.79 Å². The van der Waals surface area contributed by atoms with Crippen LogP contribution < -0.4 is 10.6 Å². The van der Waals surface area contributed by atoms with E-state index in [4.69, 9.17) is 0 Å². The number of likely N-dealkylation sites (tertiary alicyclic amines) is 1. The summed E-state index contributed by atoms with van der Waals surface area (Å²) in [5.41, 5.74) is -0.117. The third kappa shape index (κ3) is 3.29. The van der Waals surface area contributed by atoms with Crippen molar-refractivity contribution in [3.63, 3.8) is 0 Å². The van der Waals surface area contributed by atoms with Crippen LogP contribution in [-0.4, -0.2) is 50.1 Å². The Labute approximate surface area is 117 Å². The molecule has 2 aliphatic rings. The smallest absolute Gasteiger partial charge is 0.226 e. The van der Waals surface area contributed by atoms with E-state index in [1.54, 1.807) is 0 Å². The quantitative estimate of drug-likeness (QED) is 0.808. The molecule has 0 radical (unpaired) electrons. The summed E-state index contributed by atoms with van der Waals surface area (Å²) in [6.45, 7) is 8.54. The Balaban J connectivity index is 1.95. The molecule has 0 aromatic carbocycles. The molecule has 0 aliphatic carbocycles. The lowest BCUT2D eigenvalue weighted by molar-refractivity contribution is -0.134. The number of carbonyl (C=O) groups is 1. The lowest BCUT2D eigenvalue weighted by Crippen LogP contribution is -2.54. The predicted octanol–water partition coefficient (Wildman–Crippen LogP) is 1.22. The van der Waals surface area contributed by atoms with E-state index >= 15 is 0 Å². The first-order valence-corrected chi connectivity index (χ1v) is 7.77. The number of carbonyl (C=O) groups excluding carboxylic acids is 1. The Morgan fingerprint density at radius 2 is 2.11 bits per heavy atom. The molecule has 2 fully saturated rings. The summed E-state index contributed by atoms with van der Waals surface area (Å²) in [5.74, 6) is 0.858. The third-order valence-corrected chi connectivity index (χ3v) is 5.14. The van der Waals surface area contributed by atoms with E-state index in [1.807, 2.05) is 0 Å². The van der Waals surface area contributed by atoms with E-state index in [0.717, 1.165) is 51.9 Å². The zero-order valence-electron chi connectivity index (χ0n) is 12.7. The monoisotopic (exact) mass is 267 g/mol. The molecule has 0 spiro atoms. The first-order valence-electron chi connectivity index (χ1n) is 7.77. The molecule has 0 bridgehead atoms. The van der Waals surface area contributed by atoms with Gasteiger partial charge in [0.05, 0.1) is 5.41 Å². The molecule has 0 aromatic heterocycles. The van der Waals surface area contributed by atoms with Crippen LogP contribution in [0.5, 0.6) is 0 Å². The van der Waals surface area contributed by atoms with Gasteiger partial charge in [0.1, 0.15) is 0 Å². The van der Waals surface area contributed by atoms with Gasteiger partial charge in [-0.1, -0.05) is 13.8 Å². The van der Waals surface area contributed by atoms with Crippen molar-refractivity contribution in [3.8, 4) is 0 Å². The molecule has 2 aliphatic heterocycles. The van der Waals surface area contributed by atoms with Crippen LogP contribution >= 0.6 is 0 Å². The Morgan fingerprint density at radius 3 is 2.68 bits per heavy atom. The highest BCUT2D eigenvalue weighted by molar-refractivity contribution is 5.83. The van der Waals surface area contributed by atoms with Gasteiger partial charge in [0.25, 0.3) is 0 Å². The van der Waals surface area contributed by atoms with Crippen LogP contribution in [0.1, 0.15) is 39.5 Å². The molecule has 2 N–H and O–H groups in total. The van der Waals surface area contributed by atoms with E-state index in [9.17, 15) is 4.79 Å². The van der Waals surface area contributed by atoms with Crippen LogP contribution in [0.15, 0.2) is 0 Å². The van der Waals surface area contributed by atoms with Crippen LogP contribution in [0, 0.1) is 11.3 Å². The zero-order valence-corrected chi connectivity index (χ0v) is 12.7. The maximum absolute atomic E-state index is 12.7. The van der Waals surface area contributed by atoms with E-state index in [-0.39, 0.29) is 5.41 Å². The lowest BCUT2D eigenvalue weighted by atomic mass is 9.75. The molecule has 2 heterocycles. The first-order chi connectivity index (χ1) is 9.07. The lowest BCUT2D eigenvalue weighted by Gasteiger charge is -2.40. The molecule has 2 saturated heterocycles. The van der Waals surface area contributed by atoms with Crippen LogP contribution in [0.3, 0.4) is 0 Å². The summed E-state index contributed by atoms with van der Waals surface area (Å²) < 4.78 is 0. The van der Waals surface area contributed by atoms with Crippen LogP contribution in [0.2, 0.25) is 0 Å². The van der Waals surface area contributed by atoms with Crippen molar-refractivity contribution in [1.82, 2.24) is 15.5 Å². The highest BCUT2D eigenvalue weighted by atomic mass is 16.2. The Bertz CT molecular complexity index is 313. The van der Waals surface area contributed by atoms with E-state index in [1.165, 1.54) is 0 Å². The number of piperidine rings is 2. The van der Waals surface area contributed by atoms with E-state index < -0.39 is 0 Å². The van der Waals surface area contributed by atoms with Crippen molar-refractivity contribution in [2.75, 3.05) is 33.2 Å². The highest BCUT2D eigenvalue weighted by Crippen LogP contribution is 2.33. The van der Waals surface area contributed by atoms with Gasteiger partial charge in [-0.25, -0.2) is 0 Å². The largest absolute Gasteiger partial charge is 0.353 e. The molecule has 0 saturated carbocycles. The molecule has 0 aromatic rings. The van der Waals surface area contributed by atoms with Crippen molar-refractivity contribution in [2.45, 2.75) is 45.6 Å². The second-order valence-corrected chi connectivity index (χ2v) is 6.49. The fourth-order valence-electron chi connectivity index (χ4n) is 3.54. The highest BCUT2D eigenvalue weighted by Gasteiger charge is 2.39. The fraction of sp³-hybridized carbons (Fsp3) is 0.933. The molecule has 4 nitrogen and oxygen atoms in total. The topological polar surface area (TPSA) is 44.4 Å². The maximum Gasteiger partial charge on any atom is 0.226 e. The average Bonchev–Trinajstić information content (AvgIpc) is 2.42. The molecule has 19 heavy (non-hydrogen) atoms. The number of hydrogen-bond acceptors (Lipinski definition) is 3. The predicted molar refractivity (Wildman–Crippen MR) is 78.0 cm³/mol. The summed E-state index contributed by atoms with van der Waals surface area (Å²) in [6.07, 6.45) is 4.01. The van der Waals surface area contributed by atoms with Gasteiger partial charge in [0.2, 0.25) is 5.91 Å². The Hall–Kier alpha value is -0.610. The molecule has 110 valence electrons. The Kier molecular flexibility index (Phi) is 4.85. The van der Waals surface area contributed by atoms with Crippen molar-refractivity contribution in [3.05, 3.63) is 0 Å². The zero-order chi connectivity index (χ0) is 13.9. The van der Waals surface area contributed by atoms with Crippen molar-refractivity contribution in [1.29, 1.82) is 0 Å². The molecule has 1 amide bonds. The van der Waals surface area contributed by atoms with Crippen molar-refractivity contribution in [2.24, 2.45) is 11.3 Å². The SMILES string of the molecule is CCC1(C(=O)NC2CCN(C)CC2C)CCNCC1. The maximum atomic E-state index is 12.7. The fourth-order valence-corrected chi connectivity index (χ4v) is 3.54. The van der Waals surface area contributed by atoms with Crippen LogP contribution in [0.25, 0.3) is 0 Å². The molecular formula is C15H29N3O. The molecule has 4 heteroatoms. The number of rotatable bonds is 3. The molecule has 2 rings (SSSR count). The molecule has 2 unspecified atom stereocenters. The number of amides is 1. The van der Waals surface area contributed by atoms with Crippen molar-refractivity contribution < 1.29 is 4.79 Å². The molecular weight excluding hydrogens is 238 g/mol. The van der Waals surface area contributed by atoms with E-state index in [0.29, 0.717) is 17.9 Å². The minimum atomic E-state index is -0.117. The summed E-state index contributed by atoms with van der Waals surface area (Å²) in [5, 5.41) is 6.72. The van der Waals surface area contributed by atoms with Crippen molar-refractivity contribution >= 4 is 5.91 Å². The van der Waals surface area contributed by atoms with Gasteiger partial charge in [0.15, 0.2) is 0 Å². The number of nitrogens with one attached hydrogen (secondary N) is 2. The standard InChI is InChI=1S/C15H29N3O/c1-4-15(6-8-16-9-7-15)14(19)17-13-5-10-18(3)11-12(13)2/h12-13,16H,4-11H2,1-3H3,(H,17,19). The minimum absolute atomic E-state index is 0.117. The van der Waals surface area contributed by atoms with Gasteiger partial charge < -0.3 is 15.5 Å². The molecule has 2 atom stereocenters. The summed E-state index contributed by atoms with van der Waals surface area (Å²) in [7, 11) is 2.16. The van der Waals surface area contributed by atoms with Gasteiger partial charge >= 0.3 is 0 Å². The van der Waals surface area contributed by atoms with Gasteiger partial charge in [-0.2, -0.15) is 0 Å². The second-order valence-electron chi connectivity index (χ2n) is 6.49. The van der Waals surface area contributed by atoms with Crippen LogP contribution in [-0.2, 0) is 4.79 Å². The van der Waals surface area contributed by atoms with E-state index in [2.05, 4.69) is 36.4 Å². The number of nitrogens with zero attached hydrogens (tertiary/aromatic N) is 1. The Morgan fingerprint density at radius 1 is 1.42 bits per heavy atom. The first kappa shape index (κ1) is 14.8. The second kappa shape index (κ2) is 6.23. The third-order valence-electron chi connectivity index (χ3n) is 5.14. The van der Waals surface area contributed by atoms with Crippen LogP contribution in [0.4, 0.5) is 0 Å². The number of hydrogen-bond donors (Lipinski definition) is 2. The van der Waals surface area contributed by atoms with Gasteiger partial charge in [-0.15, -0.1) is 0 Å². The summed E-state index contributed by atoms with van der Waals surface area (Å²) in [4.78, 5) is 15.0. The normalized spacial score (nSPS) is 31.9. The minimum Gasteiger partial charge on any atom is -0.353 e. The average molecular weight is 267 g/mol. The summed E-state index contributed by atoms with van der Waals surface area (Å²) in [6, 6.07) is 0.363.